The van der Waals surface area contributed by atoms with Crippen LogP contribution in [0, 0.1) is 13.8 Å². The smallest absolute Gasteiger partial charge is 0.227 e. The Labute approximate surface area is 198 Å². The number of ether oxygens (including phenoxy) is 1. The van der Waals surface area contributed by atoms with Crippen LogP contribution in [0.15, 0.2) is 36.9 Å². The van der Waals surface area contributed by atoms with Crippen LogP contribution < -0.4 is 9.80 Å². The number of benzene rings is 1. The molecule has 4 rings (SSSR count). The van der Waals surface area contributed by atoms with Crippen molar-refractivity contribution in [1.29, 1.82) is 0 Å². The number of hydrogen-bond acceptors (Lipinski definition) is 5. The maximum atomic E-state index is 5.63. The number of piperidine rings is 1. The average molecular weight is 445 g/mol. The van der Waals surface area contributed by atoms with Crippen LogP contribution in [0.25, 0.3) is 17.7 Å². The molecule has 0 spiro atoms. The van der Waals surface area contributed by atoms with Gasteiger partial charge in [0, 0.05) is 31.7 Å². The van der Waals surface area contributed by atoms with Crippen molar-refractivity contribution in [2.45, 2.75) is 40.0 Å². The lowest BCUT2D eigenvalue weighted by atomic mass is 9.94. The molecule has 3 heterocycles. The molecular weight excluding hydrogens is 408 g/mol. The molecule has 2 aliphatic heterocycles. The number of allylic oxidation sites excluding steroid dienone is 3. The van der Waals surface area contributed by atoms with Crippen molar-refractivity contribution in [2.24, 2.45) is 0 Å². The first kappa shape index (κ1) is 23.2. The normalized spacial score (nSPS) is 17.6. The van der Waals surface area contributed by atoms with E-state index in [0.717, 1.165) is 68.0 Å². The summed E-state index contributed by atoms with van der Waals surface area (Å²) in [5, 5.41) is 0. The first-order valence-corrected chi connectivity index (χ1v) is 12.2. The van der Waals surface area contributed by atoms with Gasteiger partial charge in [-0.25, -0.2) is 4.98 Å². The summed E-state index contributed by atoms with van der Waals surface area (Å²) in [5.41, 5.74) is 6.81. The number of aryl methyl sites for hydroxylation is 2. The van der Waals surface area contributed by atoms with Crippen molar-refractivity contribution in [3.05, 3.63) is 64.9 Å². The van der Waals surface area contributed by atoms with Crippen LogP contribution in [0.1, 0.15) is 54.1 Å². The van der Waals surface area contributed by atoms with E-state index in [2.05, 4.69) is 73.6 Å². The van der Waals surface area contributed by atoms with Gasteiger partial charge in [0.25, 0.3) is 0 Å². The van der Waals surface area contributed by atoms with E-state index in [9.17, 15) is 0 Å². The third-order valence-corrected chi connectivity index (χ3v) is 6.54. The monoisotopic (exact) mass is 444 g/mol. The molecular formula is C28H36N4O. The van der Waals surface area contributed by atoms with E-state index in [-0.39, 0.29) is 0 Å². The van der Waals surface area contributed by atoms with Gasteiger partial charge in [0.15, 0.2) is 0 Å². The van der Waals surface area contributed by atoms with Gasteiger partial charge in [-0.2, -0.15) is 4.98 Å². The Hall–Kier alpha value is -2.92. The first-order valence-electron chi connectivity index (χ1n) is 12.2. The Morgan fingerprint density at radius 3 is 2.42 bits per heavy atom. The lowest BCUT2D eigenvalue weighted by Gasteiger charge is -2.32. The highest BCUT2D eigenvalue weighted by molar-refractivity contribution is 5.93. The van der Waals surface area contributed by atoms with Gasteiger partial charge in [-0.15, -0.1) is 0 Å². The average Bonchev–Trinajstić information content (AvgIpc) is 2.85. The van der Waals surface area contributed by atoms with E-state index in [0.29, 0.717) is 0 Å². The number of anilines is 2. The van der Waals surface area contributed by atoms with Gasteiger partial charge in [-0.05, 0) is 68.4 Å². The van der Waals surface area contributed by atoms with Crippen molar-refractivity contribution in [1.82, 2.24) is 9.97 Å². The minimum absolute atomic E-state index is 0.725. The molecule has 2 fully saturated rings. The minimum atomic E-state index is 0.725. The third-order valence-electron chi connectivity index (χ3n) is 6.54. The molecule has 174 valence electrons. The highest BCUT2D eigenvalue weighted by atomic mass is 16.5. The second-order valence-electron chi connectivity index (χ2n) is 8.83. The third kappa shape index (κ3) is 5.19. The molecule has 0 unspecified atom stereocenters. The Kier molecular flexibility index (Phi) is 7.61. The Morgan fingerprint density at radius 2 is 1.73 bits per heavy atom. The molecule has 2 saturated heterocycles. The molecule has 0 amide bonds. The molecule has 5 heteroatoms. The van der Waals surface area contributed by atoms with Gasteiger partial charge in [0.2, 0.25) is 5.95 Å². The molecule has 0 radical (unpaired) electrons. The van der Waals surface area contributed by atoms with Crippen LogP contribution >= 0.6 is 0 Å². The van der Waals surface area contributed by atoms with Crippen molar-refractivity contribution in [3.63, 3.8) is 0 Å². The van der Waals surface area contributed by atoms with Crippen molar-refractivity contribution < 1.29 is 4.74 Å². The fraction of sp³-hybridized carbons (Fsp3) is 0.429. The van der Waals surface area contributed by atoms with E-state index in [1.54, 1.807) is 0 Å². The van der Waals surface area contributed by atoms with Gasteiger partial charge in [-0.1, -0.05) is 43.0 Å². The van der Waals surface area contributed by atoms with E-state index < -0.39 is 0 Å². The Morgan fingerprint density at radius 1 is 0.970 bits per heavy atom. The van der Waals surface area contributed by atoms with Crippen molar-refractivity contribution in [2.75, 3.05) is 49.2 Å². The second kappa shape index (κ2) is 10.8. The first-order chi connectivity index (χ1) is 16.1. The van der Waals surface area contributed by atoms with Gasteiger partial charge in [-0.3, -0.25) is 0 Å². The Balaban J connectivity index is 1.84. The predicted octanol–water partition coefficient (Wildman–Crippen LogP) is 5.68. The van der Waals surface area contributed by atoms with Gasteiger partial charge >= 0.3 is 0 Å². The summed E-state index contributed by atoms with van der Waals surface area (Å²) in [6, 6.07) is 6.43. The van der Waals surface area contributed by atoms with Crippen LogP contribution in [0.3, 0.4) is 0 Å². The van der Waals surface area contributed by atoms with Crippen molar-refractivity contribution >= 4 is 29.5 Å². The molecule has 0 bridgehead atoms. The Bertz CT molecular complexity index is 1040. The van der Waals surface area contributed by atoms with Crippen LogP contribution in [-0.4, -0.2) is 49.4 Å². The number of rotatable bonds is 6. The molecule has 1 aromatic heterocycles. The van der Waals surface area contributed by atoms with Gasteiger partial charge < -0.3 is 14.5 Å². The summed E-state index contributed by atoms with van der Waals surface area (Å²) >= 11 is 0. The molecule has 33 heavy (non-hydrogen) atoms. The number of aromatic nitrogens is 2. The maximum absolute atomic E-state index is 5.63. The summed E-state index contributed by atoms with van der Waals surface area (Å²) < 4.78 is 5.63. The molecule has 0 saturated carbocycles. The van der Waals surface area contributed by atoms with E-state index in [1.165, 1.54) is 36.0 Å². The number of hydrogen-bond donors (Lipinski definition) is 0. The van der Waals surface area contributed by atoms with Crippen LogP contribution in [0.2, 0.25) is 0 Å². The van der Waals surface area contributed by atoms with E-state index in [4.69, 9.17) is 14.7 Å². The van der Waals surface area contributed by atoms with E-state index >= 15 is 0 Å². The number of morpholine rings is 1. The second-order valence-corrected chi connectivity index (χ2v) is 8.83. The van der Waals surface area contributed by atoms with Crippen molar-refractivity contribution in [3.8, 4) is 0 Å². The fourth-order valence-electron chi connectivity index (χ4n) is 4.69. The van der Waals surface area contributed by atoms with Crippen LogP contribution in [0.5, 0.6) is 0 Å². The summed E-state index contributed by atoms with van der Waals surface area (Å²) in [6.45, 7) is 15.7. The molecule has 0 atom stereocenters. The minimum Gasteiger partial charge on any atom is -0.378 e. The zero-order valence-electron chi connectivity index (χ0n) is 20.3. The summed E-state index contributed by atoms with van der Waals surface area (Å²) in [4.78, 5) is 14.8. The van der Waals surface area contributed by atoms with Crippen LogP contribution in [0.4, 0.5) is 11.8 Å². The zero-order chi connectivity index (χ0) is 23.2. The zero-order valence-corrected chi connectivity index (χ0v) is 20.3. The highest BCUT2D eigenvalue weighted by Crippen LogP contribution is 2.32. The quantitative estimate of drug-likeness (QED) is 0.536. The predicted molar refractivity (Wildman–Crippen MR) is 140 cm³/mol. The molecule has 1 aromatic carbocycles. The van der Waals surface area contributed by atoms with E-state index in [1.807, 2.05) is 6.08 Å². The lowest BCUT2D eigenvalue weighted by Crippen LogP contribution is -2.38. The lowest BCUT2D eigenvalue weighted by molar-refractivity contribution is 0.122. The largest absolute Gasteiger partial charge is 0.378 e. The molecule has 2 aromatic rings. The highest BCUT2D eigenvalue weighted by Gasteiger charge is 2.22. The summed E-state index contributed by atoms with van der Waals surface area (Å²) in [5.74, 6) is 1.86. The van der Waals surface area contributed by atoms with Gasteiger partial charge in [0.05, 0.1) is 18.9 Å². The molecule has 5 nitrogen and oxygen atoms in total. The summed E-state index contributed by atoms with van der Waals surface area (Å²) in [7, 11) is 0. The van der Waals surface area contributed by atoms with Crippen LogP contribution in [-0.2, 0) is 4.74 Å². The van der Waals surface area contributed by atoms with Gasteiger partial charge in [0.1, 0.15) is 5.82 Å². The summed E-state index contributed by atoms with van der Waals surface area (Å²) in [6.07, 6.45) is 12.1. The standard InChI is InChI=1S/C28H36N4O/c1-5-11-24-21(3)12-10-13-25(24)23(6-2)20-26-22(4)29-28(32-14-8-7-9-15-32)30-27(26)31-16-18-33-19-17-31/h5-6,10-13,20H,2,7-9,14-19H2,1,3-4H3/b11-5-,23-20+. The topological polar surface area (TPSA) is 41.5 Å². The molecule has 0 N–H and O–H groups in total. The maximum Gasteiger partial charge on any atom is 0.227 e. The SMILES string of the molecule is C=C/C(=C\c1c(C)nc(N2CCCCC2)nc1N1CCOCC1)c1cccc(C)c1/C=C\C. The molecule has 0 aliphatic carbocycles. The number of nitrogens with zero attached hydrogens (tertiary/aromatic N) is 4. The fourth-order valence-corrected chi connectivity index (χ4v) is 4.69. The molecule has 2 aliphatic rings.